The lowest BCUT2D eigenvalue weighted by molar-refractivity contribution is 0.440. The van der Waals surface area contributed by atoms with Crippen molar-refractivity contribution in [3.63, 3.8) is 0 Å². The van der Waals surface area contributed by atoms with Crippen LogP contribution in [0.4, 0.5) is 0 Å². The quantitative estimate of drug-likeness (QED) is 0.864. The SMILES string of the molecule is Cc1cc(S(=O)(=O)N2CCS(=O)CC2)sc1CNC1CC1. The molecule has 0 bridgehead atoms. The Bertz CT molecular complexity index is 640. The summed E-state index contributed by atoms with van der Waals surface area (Å²) in [5, 5.41) is 3.43. The fraction of sp³-hybridized carbons (Fsp3) is 0.692. The Hall–Kier alpha value is -0.280. The maximum atomic E-state index is 12.6. The Morgan fingerprint density at radius 1 is 1.38 bits per heavy atom. The van der Waals surface area contributed by atoms with E-state index >= 15 is 0 Å². The number of nitrogens with zero attached hydrogens (tertiary/aromatic N) is 1. The summed E-state index contributed by atoms with van der Waals surface area (Å²) in [4.78, 5) is 1.10. The van der Waals surface area contributed by atoms with Crippen molar-refractivity contribution in [3.8, 4) is 0 Å². The molecule has 1 N–H and O–H groups in total. The molecule has 5 nitrogen and oxygen atoms in total. The van der Waals surface area contributed by atoms with E-state index in [2.05, 4.69) is 5.32 Å². The van der Waals surface area contributed by atoms with Crippen LogP contribution in [0.1, 0.15) is 23.3 Å². The summed E-state index contributed by atoms with van der Waals surface area (Å²) >= 11 is 1.36. The molecule has 0 aromatic carbocycles. The predicted octanol–water partition coefficient (Wildman–Crippen LogP) is 1.06. The number of thiophene rings is 1. The summed E-state index contributed by atoms with van der Waals surface area (Å²) < 4.78 is 38.5. The zero-order valence-corrected chi connectivity index (χ0v) is 14.5. The summed E-state index contributed by atoms with van der Waals surface area (Å²) in [5.41, 5.74) is 1.03. The number of aryl methyl sites for hydroxylation is 1. The highest BCUT2D eigenvalue weighted by molar-refractivity contribution is 7.91. The van der Waals surface area contributed by atoms with Crippen LogP contribution < -0.4 is 5.32 Å². The molecule has 1 aromatic rings. The largest absolute Gasteiger partial charge is 0.309 e. The lowest BCUT2D eigenvalue weighted by Crippen LogP contribution is -2.41. The summed E-state index contributed by atoms with van der Waals surface area (Å²) in [6, 6.07) is 2.39. The van der Waals surface area contributed by atoms with Gasteiger partial charge in [-0.2, -0.15) is 4.31 Å². The standard InChI is InChI=1S/C13H20N2O3S3/c1-10-8-13(19-12(10)9-14-11-2-3-11)21(17,18)15-4-6-20(16)7-5-15/h8,11,14H,2-7,9H2,1H3. The first kappa shape index (κ1) is 15.6. The third kappa shape index (κ3) is 3.56. The highest BCUT2D eigenvalue weighted by atomic mass is 32.2. The molecule has 3 rings (SSSR count). The minimum atomic E-state index is -3.42. The average molecular weight is 349 g/mol. The zero-order chi connectivity index (χ0) is 15.0. The van der Waals surface area contributed by atoms with Gasteiger partial charge in [-0.25, -0.2) is 8.42 Å². The van der Waals surface area contributed by atoms with Crippen LogP contribution in [0.5, 0.6) is 0 Å². The third-order valence-electron chi connectivity index (χ3n) is 3.86. The van der Waals surface area contributed by atoms with Crippen molar-refractivity contribution in [3.05, 3.63) is 16.5 Å². The van der Waals surface area contributed by atoms with Crippen molar-refractivity contribution in [1.29, 1.82) is 0 Å². The second kappa shape index (κ2) is 6.08. The Kier molecular flexibility index (Phi) is 4.52. The van der Waals surface area contributed by atoms with E-state index in [1.807, 2.05) is 6.92 Å². The van der Waals surface area contributed by atoms with Gasteiger partial charge < -0.3 is 5.32 Å². The number of sulfonamides is 1. The molecule has 2 fully saturated rings. The van der Waals surface area contributed by atoms with Crippen molar-refractivity contribution >= 4 is 32.2 Å². The van der Waals surface area contributed by atoms with E-state index in [1.165, 1.54) is 28.5 Å². The minimum absolute atomic E-state index is 0.363. The fourth-order valence-electron chi connectivity index (χ4n) is 2.30. The molecule has 2 heterocycles. The van der Waals surface area contributed by atoms with Gasteiger partial charge >= 0.3 is 0 Å². The van der Waals surface area contributed by atoms with Gasteiger partial charge in [-0.3, -0.25) is 4.21 Å². The minimum Gasteiger partial charge on any atom is -0.309 e. The van der Waals surface area contributed by atoms with Crippen LogP contribution in [0.15, 0.2) is 10.3 Å². The first-order valence-electron chi connectivity index (χ1n) is 7.14. The predicted molar refractivity (Wildman–Crippen MR) is 85.6 cm³/mol. The second-order valence-corrected chi connectivity index (χ2v) is 10.6. The van der Waals surface area contributed by atoms with E-state index in [9.17, 15) is 12.6 Å². The number of nitrogens with one attached hydrogen (secondary N) is 1. The molecule has 1 aliphatic heterocycles. The molecule has 1 aromatic heterocycles. The molecule has 0 amide bonds. The molecule has 8 heteroatoms. The van der Waals surface area contributed by atoms with Gasteiger partial charge in [0.15, 0.2) is 0 Å². The molecule has 118 valence electrons. The van der Waals surface area contributed by atoms with Crippen LogP contribution in [-0.4, -0.2) is 47.6 Å². The van der Waals surface area contributed by atoms with Crippen LogP contribution in [0, 0.1) is 6.92 Å². The average Bonchev–Trinajstić information content (AvgIpc) is 3.19. The first-order chi connectivity index (χ1) is 9.96. The second-order valence-electron chi connectivity index (χ2n) is 5.58. The Morgan fingerprint density at radius 3 is 2.67 bits per heavy atom. The summed E-state index contributed by atoms with van der Waals surface area (Å²) in [6.45, 7) is 3.44. The molecule has 21 heavy (non-hydrogen) atoms. The topological polar surface area (TPSA) is 66.5 Å². The maximum Gasteiger partial charge on any atom is 0.252 e. The molecule has 2 aliphatic rings. The fourth-order valence-corrected chi connectivity index (χ4v) is 6.72. The lowest BCUT2D eigenvalue weighted by atomic mass is 10.3. The van der Waals surface area contributed by atoms with Crippen molar-refractivity contribution in [2.24, 2.45) is 0 Å². The normalized spacial score (nSPS) is 21.8. The van der Waals surface area contributed by atoms with Crippen molar-refractivity contribution in [1.82, 2.24) is 9.62 Å². The Balaban J connectivity index is 1.75. The van der Waals surface area contributed by atoms with Gasteiger partial charge in [-0.15, -0.1) is 11.3 Å². The molecule has 1 aliphatic carbocycles. The van der Waals surface area contributed by atoms with E-state index in [1.54, 1.807) is 6.07 Å². The number of hydrogen-bond donors (Lipinski definition) is 1. The van der Waals surface area contributed by atoms with Crippen molar-refractivity contribution in [2.45, 2.75) is 36.6 Å². The van der Waals surface area contributed by atoms with E-state index in [0.717, 1.165) is 17.0 Å². The zero-order valence-electron chi connectivity index (χ0n) is 12.0. The third-order valence-corrected chi connectivity index (χ3v) is 8.72. The number of hydrogen-bond acceptors (Lipinski definition) is 5. The molecule has 0 radical (unpaired) electrons. The van der Waals surface area contributed by atoms with Crippen LogP contribution >= 0.6 is 11.3 Å². The van der Waals surface area contributed by atoms with E-state index < -0.39 is 20.8 Å². The van der Waals surface area contributed by atoms with E-state index in [0.29, 0.717) is 34.8 Å². The first-order valence-corrected chi connectivity index (χ1v) is 10.9. The van der Waals surface area contributed by atoms with Crippen LogP contribution in [0.3, 0.4) is 0 Å². The van der Waals surface area contributed by atoms with Gasteiger partial charge in [-0.05, 0) is 31.4 Å². The van der Waals surface area contributed by atoms with Crippen LogP contribution in [0.2, 0.25) is 0 Å². The number of rotatable bonds is 5. The maximum absolute atomic E-state index is 12.6. The summed E-state index contributed by atoms with van der Waals surface area (Å²) in [7, 11) is -4.29. The molecular formula is C13H20N2O3S3. The lowest BCUT2D eigenvalue weighted by Gasteiger charge is -2.24. The molecule has 1 saturated carbocycles. The molecule has 1 saturated heterocycles. The van der Waals surface area contributed by atoms with E-state index in [-0.39, 0.29) is 0 Å². The summed E-state index contributed by atoms with van der Waals surface area (Å²) in [5.74, 6) is 0.888. The molecule has 0 atom stereocenters. The van der Waals surface area contributed by atoms with Crippen LogP contribution in [-0.2, 0) is 27.4 Å². The van der Waals surface area contributed by atoms with E-state index in [4.69, 9.17) is 0 Å². The van der Waals surface area contributed by atoms with Crippen molar-refractivity contribution < 1.29 is 12.6 Å². The Labute approximate surface area is 132 Å². The summed E-state index contributed by atoms with van der Waals surface area (Å²) in [6.07, 6.45) is 2.45. The van der Waals surface area contributed by atoms with Gasteiger partial charge in [0.1, 0.15) is 4.21 Å². The van der Waals surface area contributed by atoms with Gasteiger partial charge in [0, 0.05) is 52.9 Å². The smallest absolute Gasteiger partial charge is 0.252 e. The monoisotopic (exact) mass is 348 g/mol. The molecular weight excluding hydrogens is 328 g/mol. The van der Waals surface area contributed by atoms with Gasteiger partial charge in [-0.1, -0.05) is 0 Å². The highest BCUT2D eigenvalue weighted by Gasteiger charge is 2.30. The Morgan fingerprint density at radius 2 is 2.05 bits per heavy atom. The molecule has 0 spiro atoms. The highest BCUT2D eigenvalue weighted by Crippen LogP contribution is 2.30. The van der Waals surface area contributed by atoms with Gasteiger partial charge in [0.25, 0.3) is 10.0 Å². The van der Waals surface area contributed by atoms with Gasteiger partial charge in [0.05, 0.1) is 0 Å². The van der Waals surface area contributed by atoms with Crippen molar-refractivity contribution in [2.75, 3.05) is 24.6 Å². The van der Waals surface area contributed by atoms with Crippen LogP contribution in [0.25, 0.3) is 0 Å². The van der Waals surface area contributed by atoms with Gasteiger partial charge in [0.2, 0.25) is 0 Å². The molecule has 0 unspecified atom stereocenters.